The van der Waals surface area contributed by atoms with E-state index in [0.717, 1.165) is 19.3 Å². The Morgan fingerprint density at radius 3 is 2.65 bits per heavy atom. The van der Waals surface area contributed by atoms with Gasteiger partial charge in [0.1, 0.15) is 6.54 Å². The fourth-order valence-corrected chi connectivity index (χ4v) is 2.11. The molecule has 1 saturated carbocycles. The van der Waals surface area contributed by atoms with E-state index in [1.165, 1.54) is 6.42 Å². The lowest BCUT2D eigenvalue weighted by Crippen LogP contribution is -2.47. The molecule has 0 aliphatic heterocycles. The first-order chi connectivity index (χ1) is 8.13. The summed E-state index contributed by atoms with van der Waals surface area (Å²) in [5.74, 6) is 0.108. The van der Waals surface area contributed by atoms with E-state index >= 15 is 0 Å². The Morgan fingerprint density at radius 2 is 2.00 bits per heavy atom. The van der Waals surface area contributed by atoms with Crippen LogP contribution in [0.5, 0.6) is 0 Å². The monoisotopic (exact) mass is 242 g/mol. The van der Waals surface area contributed by atoms with Crippen LogP contribution in [0.2, 0.25) is 0 Å². The molecule has 5 nitrogen and oxygen atoms in total. The van der Waals surface area contributed by atoms with E-state index < -0.39 is 5.97 Å². The molecule has 0 radical (unpaired) electrons. The van der Waals surface area contributed by atoms with Crippen LogP contribution in [0.1, 0.15) is 39.5 Å². The molecular weight excluding hydrogens is 220 g/mol. The maximum atomic E-state index is 11.5. The molecule has 0 spiro atoms. The van der Waals surface area contributed by atoms with Crippen LogP contribution in [-0.4, -0.2) is 31.2 Å². The number of carbonyl (C=O) groups is 2. The molecule has 0 aromatic rings. The molecule has 0 bridgehead atoms. The highest BCUT2D eigenvalue weighted by Crippen LogP contribution is 2.23. The Bertz CT molecular complexity index is 268. The van der Waals surface area contributed by atoms with Gasteiger partial charge in [0.25, 0.3) is 0 Å². The Hall–Kier alpha value is -1.26. The molecule has 1 aliphatic carbocycles. The Morgan fingerprint density at radius 1 is 1.29 bits per heavy atom. The summed E-state index contributed by atoms with van der Waals surface area (Å²) >= 11 is 0. The van der Waals surface area contributed by atoms with Gasteiger partial charge in [-0.05, 0) is 25.7 Å². The predicted molar refractivity (Wildman–Crippen MR) is 64.6 cm³/mol. The van der Waals surface area contributed by atoms with Crippen LogP contribution in [-0.2, 0) is 9.53 Å². The normalized spacial score (nSPS) is 23.9. The zero-order valence-electron chi connectivity index (χ0n) is 10.6. The lowest BCUT2D eigenvalue weighted by molar-refractivity contribution is -0.141. The van der Waals surface area contributed by atoms with E-state index in [1.807, 2.05) is 0 Å². The van der Waals surface area contributed by atoms with Crippen LogP contribution in [0.3, 0.4) is 0 Å². The number of carbonyl (C=O) groups excluding carboxylic acids is 2. The average Bonchev–Trinajstić information content (AvgIpc) is 2.30. The highest BCUT2D eigenvalue weighted by molar-refractivity contribution is 5.80. The lowest BCUT2D eigenvalue weighted by atomic mass is 9.86. The first-order valence-electron chi connectivity index (χ1n) is 6.33. The fraction of sp³-hybridized carbons (Fsp3) is 0.833. The summed E-state index contributed by atoms with van der Waals surface area (Å²) in [6, 6.07) is -0.0530. The van der Waals surface area contributed by atoms with Crippen LogP contribution < -0.4 is 10.6 Å². The summed E-state index contributed by atoms with van der Waals surface area (Å²) in [7, 11) is 0. The lowest BCUT2D eigenvalue weighted by Gasteiger charge is -2.29. The number of esters is 1. The van der Waals surface area contributed by atoms with E-state index in [9.17, 15) is 9.59 Å². The van der Waals surface area contributed by atoms with Crippen molar-refractivity contribution >= 4 is 12.0 Å². The third-order valence-corrected chi connectivity index (χ3v) is 3.13. The summed E-state index contributed by atoms with van der Waals surface area (Å²) in [4.78, 5) is 22.6. The van der Waals surface area contributed by atoms with Crippen molar-refractivity contribution in [1.29, 1.82) is 0 Å². The van der Waals surface area contributed by atoms with Gasteiger partial charge in [0.2, 0.25) is 0 Å². The van der Waals surface area contributed by atoms with Gasteiger partial charge in [-0.2, -0.15) is 0 Å². The average molecular weight is 242 g/mol. The van der Waals surface area contributed by atoms with Gasteiger partial charge in [0.05, 0.1) is 6.61 Å². The Kier molecular flexibility index (Phi) is 5.80. The van der Waals surface area contributed by atoms with Gasteiger partial charge in [-0.15, -0.1) is 0 Å². The standard InChI is InChI=1S/C12H22N2O3/c1-3-17-11(15)8-13-12(16)14-10-7-5-4-6-9(10)2/h9-10H,3-8H2,1-2H3,(H2,13,14,16)/t9-,10+/m0/s1. The minimum Gasteiger partial charge on any atom is -0.465 e. The number of hydrogen-bond donors (Lipinski definition) is 2. The van der Waals surface area contributed by atoms with Gasteiger partial charge in [-0.25, -0.2) is 4.79 Å². The zero-order valence-corrected chi connectivity index (χ0v) is 10.6. The summed E-state index contributed by atoms with van der Waals surface area (Å²) < 4.78 is 4.72. The van der Waals surface area contributed by atoms with Gasteiger partial charge in [-0.3, -0.25) is 4.79 Å². The summed E-state index contributed by atoms with van der Waals surface area (Å²) in [5.41, 5.74) is 0. The SMILES string of the molecule is CCOC(=O)CNC(=O)N[C@@H]1CCCC[C@@H]1C. The van der Waals surface area contributed by atoms with Crippen LogP contribution in [0.15, 0.2) is 0 Å². The highest BCUT2D eigenvalue weighted by atomic mass is 16.5. The van der Waals surface area contributed by atoms with Crippen molar-refractivity contribution in [3.63, 3.8) is 0 Å². The number of rotatable bonds is 4. The zero-order chi connectivity index (χ0) is 12.7. The first kappa shape index (κ1) is 13.8. The molecule has 1 fully saturated rings. The maximum absolute atomic E-state index is 11.5. The Labute approximate surface area is 102 Å². The quantitative estimate of drug-likeness (QED) is 0.733. The van der Waals surface area contributed by atoms with Crippen LogP contribution in [0, 0.1) is 5.92 Å². The van der Waals surface area contributed by atoms with Crippen molar-refractivity contribution in [2.75, 3.05) is 13.2 Å². The summed E-state index contributed by atoms with van der Waals surface area (Å²) in [6.07, 6.45) is 4.58. The molecule has 2 N–H and O–H groups in total. The molecule has 98 valence electrons. The van der Waals surface area contributed by atoms with Crippen LogP contribution >= 0.6 is 0 Å². The van der Waals surface area contributed by atoms with E-state index in [2.05, 4.69) is 17.6 Å². The second-order valence-electron chi connectivity index (χ2n) is 4.50. The predicted octanol–water partition coefficient (Wildman–Crippen LogP) is 1.43. The van der Waals surface area contributed by atoms with Crippen molar-refractivity contribution in [1.82, 2.24) is 10.6 Å². The molecule has 0 unspecified atom stereocenters. The number of hydrogen-bond acceptors (Lipinski definition) is 3. The summed E-state index contributed by atoms with van der Waals surface area (Å²) in [5, 5.41) is 5.42. The molecular formula is C12H22N2O3. The van der Waals surface area contributed by atoms with Crippen molar-refractivity contribution in [3.05, 3.63) is 0 Å². The van der Waals surface area contributed by atoms with Crippen molar-refractivity contribution in [2.45, 2.75) is 45.6 Å². The molecule has 1 aliphatic rings. The third-order valence-electron chi connectivity index (χ3n) is 3.13. The van der Waals surface area contributed by atoms with Gasteiger partial charge in [0, 0.05) is 6.04 Å². The minimum absolute atomic E-state index is 0.0687. The number of nitrogens with one attached hydrogen (secondary N) is 2. The summed E-state index contributed by atoms with van der Waals surface area (Å²) in [6.45, 7) is 4.15. The van der Waals surface area contributed by atoms with Crippen LogP contribution in [0.4, 0.5) is 4.79 Å². The first-order valence-corrected chi connectivity index (χ1v) is 6.33. The molecule has 2 amide bonds. The second-order valence-corrected chi connectivity index (χ2v) is 4.50. The molecule has 0 aromatic heterocycles. The number of ether oxygens (including phenoxy) is 1. The van der Waals surface area contributed by atoms with Gasteiger partial charge in [-0.1, -0.05) is 19.8 Å². The largest absolute Gasteiger partial charge is 0.465 e. The van der Waals surface area contributed by atoms with E-state index in [0.29, 0.717) is 12.5 Å². The molecule has 1 rings (SSSR count). The minimum atomic E-state index is -0.403. The number of amides is 2. The number of urea groups is 1. The van der Waals surface area contributed by atoms with E-state index in [1.54, 1.807) is 6.92 Å². The molecule has 17 heavy (non-hydrogen) atoms. The maximum Gasteiger partial charge on any atom is 0.325 e. The van der Waals surface area contributed by atoms with E-state index in [4.69, 9.17) is 4.74 Å². The third kappa shape index (κ3) is 5.06. The van der Waals surface area contributed by atoms with Gasteiger partial charge in [0.15, 0.2) is 0 Å². The smallest absolute Gasteiger partial charge is 0.325 e. The van der Waals surface area contributed by atoms with Crippen molar-refractivity contribution in [2.24, 2.45) is 5.92 Å². The molecule has 5 heteroatoms. The van der Waals surface area contributed by atoms with Crippen molar-refractivity contribution < 1.29 is 14.3 Å². The van der Waals surface area contributed by atoms with Crippen LogP contribution in [0.25, 0.3) is 0 Å². The molecule has 0 heterocycles. The molecule has 0 saturated heterocycles. The highest BCUT2D eigenvalue weighted by Gasteiger charge is 2.22. The fourth-order valence-electron chi connectivity index (χ4n) is 2.11. The van der Waals surface area contributed by atoms with Crippen molar-refractivity contribution in [3.8, 4) is 0 Å². The van der Waals surface area contributed by atoms with E-state index in [-0.39, 0.29) is 18.6 Å². The Balaban J connectivity index is 2.22. The van der Waals surface area contributed by atoms with Gasteiger partial charge < -0.3 is 15.4 Å². The molecule has 2 atom stereocenters. The van der Waals surface area contributed by atoms with Gasteiger partial charge >= 0.3 is 12.0 Å². The second kappa shape index (κ2) is 7.14. The topological polar surface area (TPSA) is 67.4 Å². The molecule has 0 aromatic carbocycles.